The van der Waals surface area contributed by atoms with Crippen LogP contribution in [0, 0.1) is 17.8 Å². The van der Waals surface area contributed by atoms with E-state index in [9.17, 15) is 0 Å². The first kappa shape index (κ1) is 9.51. The molecule has 0 bridgehead atoms. The van der Waals surface area contributed by atoms with Gasteiger partial charge in [-0.1, -0.05) is 26.2 Å². The molecule has 1 nitrogen and oxygen atoms in total. The summed E-state index contributed by atoms with van der Waals surface area (Å²) in [5.41, 5.74) is 6.35. The molecule has 0 saturated heterocycles. The molecule has 0 spiro atoms. The normalized spacial score (nSPS) is 38.3. The Morgan fingerprint density at radius 3 is 2.23 bits per heavy atom. The van der Waals surface area contributed by atoms with Crippen molar-refractivity contribution in [1.29, 1.82) is 0 Å². The van der Waals surface area contributed by atoms with Gasteiger partial charge in [-0.3, -0.25) is 0 Å². The fraction of sp³-hybridized carbons (Fsp3) is 1.00. The Morgan fingerprint density at radius 2 is 1.69 bits per heavy atom. The molecule has 2 rings (SSSR count). The summed E-state index contributed by atoms with van der Waals surface area (Å²) in [6.07, 6.45) is 9.90. The Hall–Kier alpha value is -0.0400. The topological polar surface area (TPSA) is 26.0 Å². The van der Waals surface area contributed by atoms with Crippen LogP contribution in [0.5, 0.6) is 0 Å². The van der Waals surface area contributed by atoms with Crippen LogP contribution in [0.3, 0.4) is 0 Å². The van der Waals surface area contributed by atoms with Crippen LogP contribution >= 0.6 is 0 Å². The second kappa shape index (κ2) is 4.00. The van der Waals surface area contributed by atoms with Crippen LogP contribution in [0.25, 0.3) is 0 Å². The van der Waals surface area contributed by atoms with Crippen LogP contribution < -0.4 is 5.73 Å². The van der Waals surface area contributed by atoms with Gasteiger partial charge in [0, 0.05) is 6.04 Å². The third-order valence-electron chi connectivity index (χ3n) is 4.22. The summed E-state index contributed by atoms with van der Waals surface area (Å²) < 4.78 is 0. The van der Waals surface area contributed by atoms with E-state index < -0.39 is 0 Å². The molecule has 2 N–H and O–H groups in total. The Kier molecular flexibility index (Phi) is 2.92. The highest BCUT2D eigenvalue weighted by atomic mass is 14.7. The highest BCUT2D eigenvalue weighted by molar-refractivity contribution is 4.87. The average Bonchev–Trinajstić information content (AvgIpc) is 2.72. The van der Waals surface area contributed by atoms with E-state index in [2.05, 4.69) is 6.92 Å². The van der Waals surface area contributed by atoms with Crippen LogP contribution in [0.2, 0.25) is 0 Å². The zero-order valence-electron chi connectivity index (χ0n) is 8.84. The molecular formula is C12H23N. The molecule has 1 heteroatoms. The quantitative estimate of drug-likeness (QED) is 0.696. The fourth-order valence-corrected chi connectivity index (χ4v) is 3.33. The van der Waals surface area contributed by atoms with E-state index in [1.807, 2.05) is 0 Å². The van der Waals surface area contributed by atoms with Gasteiger partial charge in [0.2, 0.25) is 0 Å². The minimum atomic E-state index is 0.535. The number of hydrogen-bond acceptors (Lipinski definition) is 1. The van der Waals surface area contributed by atoms with Gasteiger partial charge in [0.1, 0.15) is 0 Å². The van der Waals surface area contributed by atoms with E-state index in [0.29, 0.717) is 6.04 Å². The van der Waals surface area contributed by atoms with E-state index in [1.54, 1.807) is 0 Å². The van der Waals surface area contributed by atoms with E-state index in [0.717, 1.165) is 17.8 Å². The Morgan fingerprint density at radius 1 is 1.00 bits per heavy atom. The largest absolute Gasteiger partial charge is 0.327 e. The van der Waals surface area contributed by atoms with Crippen molar-refractivity contribution >= 4 is 0 Å². The lowest BCUT2D eigenvalue weighted by Crippen LogP contribution is -2.35. The van der Waals surface area contributed by atoms with Gasteiger partial charge in [0.15, 0.2) is 0 Å². The predicted octanol–water partition coefficient (Wildman–Crippen LogP) is 2.94. The average molecular weight is 181 g/mol. The summed E-state index contributed by atoms with van der Waals surface area (Å²) in [6, 6.07) is 0.535. The van der Waals surface area contributed by atoms with Gasteiger partial charge in [0.25, 0.3) is 0 Å². The van der Waals surface area contributed by atoms with Crippen molar-refractivity contribution in [3.63, 3.8) is 0 Å². The molecule has 0 aromatic rings. The maximum Gasteiger partial charge on any atom is 0.00957 e. The molecular weight excluding hydrogens is 158 g/mol. The predicted molar refractivity (Wildman–Crippen MR) is 56.4 cm³/mol. The van der Waals surface area contributed by atoms with Crippen molar-refractivity contribution in [3.8, 4) is 0 Å². The molecule has 0 aromatic carbocycles. The van der Waals surface area contributed by atoms with E-state index in [1.165, 1.54) is 44.9 Å². The van der Waals surface area contributed by atoms with E-state index >= 15 is 0 Å². The zero-order valence-corrected chi connectivity index (χ0v) is 8.84. The van der Waals surface area contributed by atoms with Gasteiger partial charge in [-0.05, 0) is 43.4 Å². The lowest BCUT2D eigenvalue weighted by atomic mass is 9.86. The second-order valence-electron chi connectivity index (χ2n) is 5.30. The highest BCUT2D eigenvalue weighted by Gasteiger charge is 2.32. The van der Waals surface area contributed by atoms with Gasteiger partial charge in [0.05, 0.1) is 0 Å². The molecule has 0 amide bonds. The van der Waals surface area contributed by atoms with Crippen LogP contribution in [0.1, 0.15) is 51.9 Å². The van der Waals surface area contributed by atoms with Crippen molar-refractivity contribution in [3.05, 3.63) is 0 Å². The van der Waals surface area contributed by atoms with Crippen LogP contribution in [-0.2, 0) is 0 Å². The van der Waals surface area contributed by atoms with Crippen LogP contribution in [0.4, 0.5) is 0 Å². The van der Waals surface area contributed by atoms with E-state index in [-0.39, 0.29) is 0 Å². The summed E-state index contributed by atoms with van der Waals surface area (Å²) >= 11 is 0. The summed E-state index contributed by atoms with van der Waals surface area (Å²) in [5.74, 6) is 2.67. The van der Waals surface area contributed by atoms with Crippen molar-refractivity contribution < 1.29 is 0 Å². The fourth-order valence-electron chi connectivity index (χ4n) is 3.33. The SMILES string of the molecule is CC1CCC(C(N)C2CCCC2)C1. The third kappa shape index (κ3) is 2.07. The molecule has 0 radical (unpaired) electrons. The minimum Gasteiger partial charge on any atom is -0.327 e. The summed E-state index contributed by atoms with van der Waals surface area (Å²) in [7, 11) is 0. The summed E-state index contributed by atoms with van der Waals surface area (Å²) in [5, 5.41) is 0. The summed E-state index contributed by atoms with van der Waals surface area (Å²) in [4.78, 5) is 0. The second-order valence-corrected chi connectivity index (χ2v) is 5.30. The maximum absolute atomic E-state index is 6.35. The van der Waals surface area contributed by atoms with Gasteiger partial charge in [-0.15, -0.1) is 0 Å². The zero-order chi connectivity index (χ0) is 9.26. The lowest BCUT2D eigenvalue weighted by Gasteiger charge is -2.25. The highest BCUT2D eigenvalue weighted by Crippen LogP contribution is 2.38. The molecule has 13 heavy (non-hydrogen) atoms. The standard InChI is InChI=1S/C12H23N/c1-9-6-7-11(8-9)12(13)10-4-2-3-5-10/h9-12H,2-8,13H2,1H3. The molecule has 0 heterocycles. The molecule has 0 aliphatic heterocycles. The van der Waals surface area contributed by atoms with Crippen molar-refractivity contribution in [2.75, 3.05) is 0 Å². The molecule has 3 atom stereocenters. The molecule has 2 aliphatic carbocycles. The van der Waals surface area contributed by atoms with E-state index in [4.69, 9.17) is 5.73 Å². The van der Waals surface area contributed by atoms with Crippen molar-refractivity contribution in [2.24, 2.45) is 23.5 Å². The minimum absolute atomic E-state index is 0.535. The number of hydrogen-bond donors (Lipinski definition) is 1. The third-order valence-corrected chi connectivity index (χ3v) is 4.22. The molecule has 2 fully saturated rings. The van der Waals surface area contributed by atoms with Crippen LogP contribution in [-0.4, -0.2) is 6.04 Å². The molecule has 2 aliphatic rings. The molecule has 2 saturated carbocycles. The monoisotopic (exact) mass is 181 g/mol. The van der Waals surface area contributed by atoms with Gasteiger partial charge >= 0.3 is 0 Å². The molecule has 0 aromatic heterocycles. The van der Waals surface area contributed by atoms with Crippen molar-refractivity contribution in [1.82, 2.24) is 0 Å². The van der Waals surface area contributed by atoms with Gasteiger partial charge in [-0.2, -0.15) is 0 Å². The van der Waals surface area contributed by atoms with Gasteiger partial charge in [-0.25, -0.2) is 0 Å². The van der Waals surface area contributed by atoms with Crippen molar-refractivity contribution in [2.45, 2.75) is 57.9 Å². The lowest BCUT2D eigenvalue weighted by molar-refractivity contribution is 0.310. The smallest absolute Gasteiger partial charge is 0.00957 e. The molecule has 76 valence electrons. The molecule has 3 unspecified atom stereocenters. The first-order valence-electron chi connectivity index (χ1n) is 6.03. The first-order valence-corrected chi connectivity index (χ1v) is 6.03. The number of nitrogens with two attached hydrogens (primary N) is 1. The van der Waals surface area contributed by atoms with Crippen LogP contribution in [0.15, 0.2) is 0 Å². The Labute approximate surface area is 82.1 Å². The first-order chi connectivity index (χ1) is 6.27. The summed E-state index contributed by atoms with van der Waals surface area (Å²) in [6.45, 7) is 2.38. The number of rotatable bonds is 2. The Bertz CT molecular complexity index is 161. The van der Waals surface area contributed by atoms with Gasteiger partial charge < -0.3 is 5.73 Å². The maximum atomic E-state index is 6.35. The Balaban J connectivity index is 1.85.